The Bertz CT molecular complexity index is 637. The number of nitrogens with two attached hydrogens (primary N) is 1. The van der Waals surface area contributed by atoms with E-state index in [0.717, 1.165) is 25.3 Å². The maximum atomic E-state index is 14.3. The van der Waals surface area contributed by atoms with Gasteiger partial charge in [0.05, 0.1) is 7.11 Å². The highest BCUT2D eigenvalue weighted by molar-refractivity contribution is 5.88. The van der Waals surface area contributed by atoms with Crippen molar-refractivity contribution in [1.82, 2.24) is 9.78 Å². The van der Waals surface area contributed by atoms with E-state index in [0.29, 0.717) is 10.7 Å². The number of alkyl halides is 1. The molecule has 0 spiro atoms. The largest absolute Gasteiger partial charge is 0.464 e. The van der Waals surface area contributed by atoms with Gasteiger partial charge in [0.2, 0.25) is 6.30 Å². The molecule has 0 aliphatic carbocycles. The summed E-state index contributed by atoms with van der Waals surface area (Å²) in [7, 11) is 1.10. The van der Waals surface area contributed by atoms with Crippen molar-refractivity contribution in [2.75, 3.05) is 12.8 Å². The Morgan fingerprint density at radius 2 is 1.90 bits per heavy atom. The number of halogens is 3. The van der Waals surface area contributed by atoms with Crippen LogP contribution < -0.4 is 5.73 Å². The Morgan fingerprint density at radius 3 is 2.45 bits per heavy atom. The Balaban J connectivity index is 2.47. The second kappa shape index (κ2) is 5.24. The summed E-state index contributed by atoms with van der Waals surface area (Å²) < 4.78 is 45.5. The van der Waals surface area contributed by atoms with E-state index in [4.69, 9.17) is 5.73 Å². The lowest BCUT2D eigenvalue weighted by Gasteiger charge is -2.12. The zero-order valence-electron chi connectivity index (χ0n) is 10.3. The van der Waals surface area contributed by atoms with Gasteiger partial charge in [-0.1, -0.05) is 0 Å². The van der Waals surface area contributed by atoms with Gasteiger partial charge in [-0.25, -0.2) is 22.6 Å². The molecule has 1 aromatic carbocycles. The van der Waals surface area contributed by atoms with Gasteiger partial charge in [-0.05, 0) is 12.1 Å². The van der Waals surface area contributed by atoms with E-state index in [1.54, 1.807) is 0 Å². The van der Waals surface area contributed by atoms with E-state index in [1.165, 1.54) is 0 Å². The third-order valence-electron chi connectivity index (χ3n) is 2.52. The first kappa shape index (κ1) is 13.9. The number of methoxy groups -OCH3 is 1. The van der Waals surface area contributed by atoms with Gasteiger partial charge < -0.3 is 10.5 Å². The summed E-state index contributed by atoms with van der Waals surface area (Å²) in [6.07, 6.45) is -2.08. The Kier molecular flexibility index (Phi) is 3.64. The van der Waals surface area contributed by atoms with Gasteiger partial charge in [0.25, 0.3) is 0 Å². The maximum Gasteiger partial charge on any atom is 0.356 e. The van der Waals surface area contributed by atoms with Gasteiger partial charge in [0.1, 0.15) is 17.5 Å². The van der Waals surface area contributed by atoms with Crippen molar-refractivity contribution in [3.8, 4) is 0 Å². The highest BCUT2D eigenvalue weighted by Crippen LogP contribution is 2.24. The standard InChI is InChI=1S/C12H10F3N3O2/c1-20-12(19)9-5-10(16)17-18(9)11(15)6-2-7(13)4-8(14)3-6/h2-5,11H,1H3,(H2,16,17). The fraction of sp³-hybridized carbons (Fsp3) is 0.167. The predicted molar refractivity (Wildman–Crippen MR) is 63.6 cm³/mol. The van der Waals surface area contributed by atoms with E-state index in [9.17, 15) is 18.0 Å². The number of rotatable bonds is 3. The number of hydrogen-bond donors (Lipinski definition) is 1. The van der Waals surface area contributed by atoms with Crippen LogP contribution in [0, 0.1) is 11.6 Å². The number of hydrogen-bond acceptors (Lipinski definition) is 4. The fourth-order valence-corrected chi connectivity index (χ4v) is 1.70. The maximum absolute atomic E-state index is 14.3. The molecule has 1 aromatic heterocycles. The molecule has 0 bridgehead atoms. The molecule has 0 aliphatic heterocycles. The highest BCUT2D eigenvalue weighted by Gasteiger charge is 2.23. The second-order valence-corrected chi connectivity index (χ2v) is 3.93. The van der Waals surface area contributed by atoms with E-state index >= 15 is 0 Å². The summed E-state index contributed by atoms with van der Waals surface area (Å²) in [6.45, 7) is 0. The van der Waals surface area contributed by atoms with Crippen LogP contribution in [0.2, 0.25) is 0 Å². The van der Waals surface area contributed by atoms with Crippen molar-refractivity contribution in [2.45, 2.75) is 6.30 Å². The molecule has 0 radical (unpaired) electrons. The molecule has 20 heavy (non-hydrogen) atoms. The molecular formula is C12H10F3N3O2. The topological polar surface area (TPSA) is 70.1 Å². The minimum Gasteiger partial charge on any atom is -0.464 e. The normalized spacial score (nSPS) is 12.2. The van der Waals surface area contributed by atoms with E-state index < -0.39 is 23.9 Å². The van der Waals surface area contributed by atoms with Crippen molar-refractivity contribution >= 4 is 11.8 Å². The van der Waals surface area contributed by atoms with Gasteiger partial charge in [-0.15, -0.1) is 0 Å². The first-order valence-corrected chi connectivity index (χ1v) is 5.45. The summed E-state index contributed by atoms with van der Waals surface area (Å²) in [4.78, 5) is 11.5. The average Bonchev–Trinajstić information content (AvgIpc) is 2.78. The van der Waals surface area contributed by atoms with E-state index in [2.05, 4.69) is 9.84 Å². The first-order chi connectivity index (χ1) is 9.42. The third-order valence-corrected chi connectivity index (χ3v) is 2.52. The molecular weight excluding hydrogens is 275 g/mol. The molecule has 2 aromatic rings. The molecule has 106 valence electrons. The number of nitrogens with zero attached hydrogens (tertiary/aromatic N) is 2. The van der Waals surface area contributed by atoms with Crippen LogP contribution in [0.5, 0.6) is 0 Å². The summed E-state index contributed by atoms with van der Waals surface area (Å²) >= 11 is 0. The molecule has 0 amide bonds. The zero-order chi connectivity index (χ0) is 14.9. The molecule has 1 heterocycles. The number of carbonyl (C=O) groups is 1. The monoisotopic (exact) mass is 285 g/mol. The van der Waals surface area contributed by atoms with Gasteiger partial charge in [0, 0.05) is 17.7 Å². The average molecular weight is 285 g/mol. The Morgan fingerprint density at radius 1 is 1.30 bits per heavy atom. The zero-order valence-corrected chi connectivity index (χ0v) is 10.3. The van der Waals surface area contributed by atoms with Crippen LogP contribution in [0.3, 0.4) is 0 Å². The van der Waals surface area contributed by atoms with Crippen molar-refractivity contribution in [3.63, 3.8) is 0 Å². The molecule has 2 N–H and O–H groups in total. The number of benzene rings is 1. The highest BCUT2D eigenvalue weighted by atomic mass is 19.1. The van der Waals surface area contributed by atoms with Crippen LogP contribution in [0.1, 0.15) is 22.3 Å². The fourth-order valence-electron chi connectivity index (χ4n) is 1.70. The molecule has 0 fully saturated rings. The van der Waals surface area contributed by atoms with Crippen LogP contribution in [-0.4, -0.2) is 22.9 Å². The smallest absolute Gasteiger partial charge is 0.356 e. The van der Waals surface area contributed by atoms with Crippen molar-refractivity contribution in [2.24, 2.45) is 0 Å². The van der Waals surface area contributed by atoms with Gasteiger partial charge >= 0.3 is 5.97 Å². The molecule has 0 saturated carbocycles. The number of anilines is 1. The van der Waals surface area contributed by atoms with Crippen molar-refractivity contribution in [1.29, 1.82) is 0 Å². The number of aromatic nitrogens is 2. The van der Waals surface area contributed by atoms with Gasteiger partial charge in [-0.2, -0.15) is 5.10 Å². The molecule has 8 heteroatoms. The van der Waals surface area contributed by atoms with Crippen LogP contribution in [0.25, 0.3) is 0 Å². The summed E-state index contributed by atoms with van der Waals surface area (Å²) in [6, 6.07) is 3.31. The molecule has 0 saturated heterocycles. The summed E-state index contributed by atoms with van der Waals surface area (Å²) in [5.41, 5.74) is 4.79. The predicted octanol–water partition coefficient (Wildman–Crippen LogP) is 2.05. The number of ether oxygens (including phenoxy) is 1. The minimum absolute atomic E-state index is 0.120. The number of esters is 1. The quantitative estimate of drug-likeness (QED) is 0.876. The molecule has 5 nitrogen and oxygen atoms in total. The minimum atomic E-state index is -2.08. The Hall–Kier alpha value is -2.51. The second-order valence-electron chi connectivity index (χ2n) is 3.93. The molecule has 1 unspecified atom stereocenters. The summed E-state index contributed by atoms with van der Waals surface area (Å²) in [5, 5.41) is 3.59. The van der Waals surface area contributed by atoms with Crippen LogP contribution in [0.15, 0.2) is 24.3 Å². The number of carbonyl (C=O) groups excluding carboxylic acids is 1. The van der Waals surface area contributed by atoms with Crippen LogP contribution in [0.4, 0.5) is 19.0 Å². The van der Waals surface area contributed by atoms with Crippen LogP contribution >= 0.6 is 0 Å². The SMILES string of the molecule is COC(=O)c1cc(N)nn1C(F)c1cc(F)cc(F)c1. The molecule has 0 aliphatic rings. The molecule has 1 atom stereocenters. The van der Waals surface area contributed by atoms with Gasteiger partial charge in [-0.3, -0.25) is 0 Å². The van der Waals surface area contributed by atoms with Crippen molar-refractivity contribution in [3.05, 3.63) is 47.2 Å². The van der Waals surface area contributed by atoms with Crippen LogP contribution in [-0.2, 0) is 4.74 Å². The first-order valence-electron chi connectivity index (χ1n) is 5.45. The lowest BCUT2D eigenvalue weighted by atomic mass is 10.2. The van der Waals surface area contributed by atoms with Crippen molar-refractivity contribution < 1.29 is 22.7 Å². The summed E-state index contributed by atoms with van der Waals surface area (Å²) in [5.74, 6) is -2.87. The molecule has 2 rings (SSSR count). The lowest BCUT2D eigenvalue weighted by molar-refractivity contribution is 0.0577. The number of nitrogen functional groups attached to an aromatic ring is 1. The van der Waals surface area contributed by atoms with E-state index in [1.807, 2.05) is 0 Å². The third kappa shape index (κ3) is 2.58. The van der Waals surface area contributed by atoms with E-state index in [-0.39, 0.29) is 17.1 Å². The Labute approximate surface area is 111 Å². The van der Waals surface area contributed by atoms with Gasteiger partial charge in [0.15, 0.2) is 5.69 Å². The lowest BCUT2D eigenvalue weighted by Crippen LogP contribution is -2.16.